The highest BCUT2D eigenvalue weighted by Crippen LogP contribution is 2.49. The van der Waals surface area contributed by atoms with E-state index in [1.54, 1.807) is 12.4 Å². The molecule has 1 aliphatic rings. The number of hydrogen-bond donors (Lipinski definition) is 1. The lowest BCUT2D eigenvalue weighted by atomic mass is 9.97. The molecule has 1 saturated carbocycles. The van der Waals surface area contributed by atoms with E-state index in [0.29, 0.717) is 50.3 Å². The summed E-state index contributed by atoms with van der Waals surface area (Å²) in [6, 6.07) is 8.16. The van der Waals surface area contributed by atoms with Crippen LogP contribution >= 0.6 is 11.3 Å². The number of thiophene rings is 1. The summed E-state index contributed by atoms with van der Waals surface area (Å²) in [6.07, 6.45) is 5.64. The summed E-state index contributed by atoms with van der Waals surface area (Å²) in [5, 5.41) is 0.878. The van der Waals surface area contributed by atoms with Gasteiger partial charge in [-0.25, -0.2) is 0 Å². The van der Waals surface area contributed by atoms with E-state index in [2.05, 4.69) is 17.1 Å². The first-order chi connectivity index (χ1) is 16.0. The number of primary amides is 1. The molecule has 2 aromatic heterocycles. The number of amides is 1. The molecule has 1 fully saturated rings. The summed E-state index contributed by atoms with van der Waals surface area (Å²) < 4.78 is 23.7. The van der Waals surface area contributed by atoms with Gasteiger partial charge in [0.25, 0.3) is 5.91 Å². The number of pyridine rings is 1. The van der Waals surface area contributed by atoms with Crippen molar-refractivity contribution in [2.24, 2.45) is 5.73 Å². The summed E-state index contributed by atoms with van der Waals surface area (Å²) in [4.78, 5) is 16.5. The number of carbonyl (C=O) groups excluding carboxylic acids is 1. The zero-order valence-electron chi connectivity index (χ0n) is 19.1. The van der Waals surface area contributed by atoms with Gasteiger partial charge in [-0.1, -0.05) is 12.1 Å². The third-order valence-corrected chi connectivity index (χ3v) is 7.14. The quantitative estimate of drug-likeness (QED) is 0.367. The molecular weight excluding hydrogens is 440 g/mol. The first-order valence-corrected chi connectivity index (χ1v) is 12.0. The predicted molar refractivity (Wildman–Crippen MR) is 128 cm³/mol. The average Bonchev–Trinajstić information content (AvgIpc) is 3.52. The minimum atomic E-state index is -0.432. The van der Waals surface area contributed by atoms with Crippen LogP contribution < -0.4 is 10.5 Å². The van der Waals surface area contributed by atoms with E-state index >= 15 is 0 Å². The number of aryl methyl sites for hydroxylation is 1. The van der Waals surface area contributed by atoms with Gasteiger partial charge in [0.2, 0.25) is 0 Å². The van der Waals surface area contributed by atoms with E-state index < -0.39 is 5.91 Å². The lowest BCUT2D eigenvalue weighted by Gasteiger charge is -2.17. The van der Waals surface area contributed by atoms with Crippen LogP contribution in [0.2, 0.25) is 0 Å². The van der Waals surface area contributed by atoms with Gasteiger partial charge in [0.15, 0.2) is 5.75 Å². The lowest BCUT2D eigenvalue weighted by molar-refractivity contribution is 0.0124. The van der Waals surface area contributed by atoms with Crippen molar-refractivity contribution in [1.82, 2.24) is 4.98 Å². The molecule has 1 aromatic carbocycles. The summed E-state index contributed by atoms with van der Waals surface area (Å²) in [5.41, 5.74) is 7.68. The normalized spacial score (nSPS) is 14.5. The number of ether oxygens (including phenoxy) is 4. The second kappa shape index (κ2) is 10.6. The molecular formula is C25H30N2O5S. The van der Waals surface area contributed by atoms with Crippen molar-refractivity contribution in [3.05, 3.63) is 52.7 Å². The van der Waals surface area contributed by atoms with Crippen molar-refractivity contribution in [3.8, 4) is 11.5 Å². The van der Waals surface area contributed by atoms with E-state index in [4.69, 9.17) is 24.7 Å². The third-order valence-electron chi connectivity index (χ3n) is 5.90. The molecule has 176 valence electrons. The van der Waals surface area contributed by atoms with Crippen LogP contribution in [0.3, 0.4) is 0 Å². The van der Waals surface area contributed by atoms with E-state index in [-0.39, 0.29) is 5.41 Å². The standard InChI is InChI=1S/C25H30N2O5S/c1-3-29-10-11-30-12-13-31-16-25(8-9-25)18-4-6-19(7-5-18)32-20-14-27-15-21-22(20)17(2)23(33-21)24(26)28/h4-7,14-15H,3,8-13,16H2,1-2H3,(H2,26,28). The second-order valence-corrected chi connectivity index (χ2v) is 9.25. The van der Waals surface area contributed by atoms with Gasteiger partial charge in [0.1, 0.15) is 5.75 Å². The summed E-state index contributed by atoms with van der Waals surface area (Å²) in [5.74, 6) is 0.909. The number of nitrogens with two attached hydrogens (primary N) is 1. The van der Waals surface area contributed by atoms with Crippen LogP contribution in [-0.2, 0) is 19.6 Å². The molecule has 8 heteroatoms. The predicted octanol–water partition coefficient (Wildman–Crippen LogP) is 4.60. The van der Waals surface area contributed by atoms with Crippen LogP contribution in [0, 0.1) is 6.92 Å². The Hall–Kier alpha value is -2.52. The van der Waals surface area contributed by atoms with Crippen LogP contribution in [0.25, 0.3) is 10.1 Å². The topological polar surface area (TPSA) is 92.9 Å². The Morgan fingerprint density at radius 2 is 1.76 bits per heavy atom. The fourth-order valence-electron chi connectivity index (χ4n) is 3.90. The molecule has 0 atom stereocenters. The molecule has 2 heterocycles. The number of benzene rings is 1. The number of aromatic nitrogens is 1. The zero-order valence-corrected chi connectivity index (χ0v) is 19.9. The molecule has 0 aliphatic heterocycles. The molecule has 0 spiro atoms. The summed E-state index contributed by atoms with van der Waals surface area (Å²) in [6.45, 7) is 7.64. The smallest absolute Gasteiger partial charge is 0.259 e. The minimum Gasteiger partial charge on any atom is -0.455 e. The van der Waals surface area contributed by atoms with Gasteiger partial charge in [-0.05, 0) is 49.9 Å². The molecule has 1 aliphatic carbocycles. The van der Waals surface area contributed by atoms with E-state index in [0.717, 1.165) is 34.2 Å². The highest BCUT2D eigenvalue weighted by Gasteiger charge is 2.44. The Balaban J connectivity index is 1.35. The van der Waals surface area contributed by atoms with Crippen molar-refractivity contribution in [2.45, 2.75) is 32.1 Å². The molecule has 4 rings (SSSR count). The maximum atomic E-state index is 11.7. The molecule has 3 aromatic rings. The summed E-state index contributed by atoms with van der Waals surface area (Å²) in [7, 11) is 0. The van der Waals surface area contributed by atoms with Crippen molar-refractivity contribution in [1.29, 1.82) is 0 Å². The minimum absolute atomic E-state index is 0.0890. The van der Waals surface area contributed by atoms with Crippen LogP contribution in [0.15, 0.2) is 36.7 Å². The molecule has 0 bridgehead atoms. The van der Waals surface area contributed by atoms with Crippen molar-refractivity contribution in [3.63, 3.8) is 0 Å². The number of hydrogen-bond acceptors (Lipinski definition) is 7. The van der Waals surface area contributed by atoms with Crippen molar-refractivity contribution in [2.75, 3.05) is 39.6 Å². The summed E-state index contributed by atoms with van der Waals surface area (Å²) >= 11 is 1.34. The first kappa shape index (κ1) is 23.6. The maximum Gasteiger partial charge on any atom is 0.259 e. The molecule has 1 amide bonds. The van der Waals surface area contributed by atoms with Gasteiger partial charge >= 0.3 is 0 Å². The van der Waals surface area contributed by atoms with Gasteiger partial charge in [0.05, 0.1) is 48.8 Å². The molecule has 0 saturated heterocycles. The maximum absolute atomic E-state index is 11.7. The van der Waals surface area contributed by atoms with Crippen molar-refractivity contribution >= 4 is 27.3 Å². The monoisotopic (exact) mass is 470 g/mol. The van der Waals surface area contributed by atoms with Crippen LogP contribution in [-0.4, -0.2) is 50.5 Å². The van der Waals surface area contributed by atoms with Gasteiger partial charge in [-0.2, -0.15) is 0 Å². The number of fused-ring (bicyclic) bond motifs is 1. The Kier molecular flexibility index (Phi) is 7.60. The van der Waals surface area contributed by atoms with E-state index in [9.17, 15) is 4.79 Å². The SMILES string of the molecule is CCOCCOCCOCC1(c2ccc(Oc3cncc4sc(C(N)=O)c(C)c34)cc2)CC1. The molecule has 7 nitrogen and oxygen atoms in total. The second-order valence-electron chi connectivity index (χ2n) is 8.20. The number of rotatable bonds is 13. The first-order valence-electron chi connectivity index (χ1n) is 11.2. The van der Waals surface area contributed by atoms with Gasteiger partial charge in [-0.3, -0.25) is 9.78 Å². The largest absolute Gasteiger partial charge is 0.455 e. The fourth-order valence-corrected chi connectivity index (χ4v) is 4.95. The van der Waals surface area contributed by atoms with E-state index in [1.165, 1.54) is 16.9 Å². The molecule has 0 radical (unpaired) electrons. The Labute approximate surface area is 197 Å². The third kappa shape index (κ3) is 5.52. The molecule has 2 N–H and O–H groups in total. The Morgan fingerprint density at radius 1 is 1.06 bits per heavy atom. The van der Waals surface area contributed by atoms with Gasteiger partial charge < -0.3 is 24.7 Å². The van der Waals surface area contributed by atoms with Crippen molar-refractivity contribution < 1.29 is 23.7 Å². The van der Waals surface area contributed by atoms with Crippen LogP contribution in [0.4, 0.5) is 0 Å². The van der Waals surface area contributed by atoms with E-state index in [1.807, 2.05) is 26.0 Å². The number of nitrogens with zero attached hydrogens (tertiary/aromatic N) is 1. The number of carbonyl (C=O) groups is 1. The average molecular weight is 471 g/mol. The van der Waals surface area contributed by atoms with Crippen LogP contribution in [0.5, 0.6) is 11.5 Å². The highest BCUT2D eigenvalue weighted by atomic mass is 32.1. The van der Waals surface area contributed by atoms with Gasteiger partial charge in [-0.15, -0.1) is 11.3 Å². The zero-order chi connectivity index (χ0) is 23.3. The molecule has 33 heavy (non-hydrogen) atoms. The van der Waals surface area contributed by atoms with Gasteiger partial charge in [0, 0.05) is 23.6 Å². The lowest BCUT2D eigenvalue weighted by Crippen LogP contribution is -2.18. The molecule has 0 unspecified atom stereocenters. The Morgan fingerprint density at radius 3 is 2.42 bits per heavy atom. The fraction of sp³-hybridized carbons (Fsp3) is 0.440. The Bertz CT molecular complexity index is 1090. The van der Waals surface area contributed by atoms with Crippen LogP contribution in [0.1, 0.15) is 40.6 Å². The highest BCUT2D eigenvalue weighted by molar-refractivity contribution is 7.21.